The van der Waals surface area contributed by atoms with Crippen LogP contribution in [0.1, 0.15) is 42.9 Å². The molecule has 2 heterocycles. The van der Waals surface area contributed by atoms with Crippen molar-refractivity contribution in [2.45, 2.75) is 40.0 Å². The number of amides is 1. The van der Waals surface area contributed by atoms with Gasteiger partial charge in [0.1, 0.15) is 29.8 Å². The van der Waals surface area contributed by atoms with Crippen LogP contribution in [0.2, 0.25) is 0 Å². The number of rotatable bonds is 9. The van der Waals surface area contributed by atoms with Crippen LogP contribution in [0.3, 0.4) is 0 Å². The Bertz CT molecular complexity index is 1190. The summed E-state index contributed by atoms with van der Waals surface area (Å²) in [6, 6.07) is 13.5. The van der Waals surface area contributed by atoms with Crippen molar-refractivity contribution in [2.24, 2.45) is 10.1 Å². The first-order chi connectivity index (χ1) is 16.4. The Kier molecular flexibility index (Phi) is 7.47. The van der Waals surface area contributed by atoms with Gasteiger partial charge >= 0.3 is 0 Å². The molecule has 2 aliphatic rings. The number of unbranched alkanes of at least 4 members (excludes halogenated alkanes) is 1. The molecule has 176 valence electrons. The Morgan fingerprint density at radius 1 is 1.09 bits per heavy atom. The van der Waals surface area contributed by atoms with Gasteiger partial charge in [-0.2, -0.15) is 15.1 Å². The number of thioether (sulfide) groups is 1. The topological polar surface area (TPSA) is 87.3 Å². The van der Waals surface area contributed by atoms with Gasteiger partial charge in [-0.15, -0.1) is 0 Å². The molecule has 7 nitrogen and oxygen atoms in total. The Morgan fingerprint density at radius 2 is 1.85 bits per heavy atom. The second-order valence-electron chi connectivity index (χ2n) is 8.15. The van der Waals surface area contributed by atoms with Gasteiger partial charge in [-0.25, -0.2) is 0 Å². The number of aryl methyl sites for hydroxylation is 2. The van der Waals surface area contributed by atoms with Gasteiger partial charge in [0.2, 0.25) is 5.17 Å². The number of nitrogens with one attached hydrogen (secondary N) is 1. The number of ether oxygens (including phenoxy) is 2. The molecule has 0 aromatic heterocycles. The summed E-state index contributed by atoms with van der Waals surface area (Å²) in [7, 11) is 0. The van der Waals surface area contributed by atoms with Crippen molar-refractivity contribution in [1.82, 2.24) is 5.01 Å². The monoisotopic (exact) mass is 476 g/mol. The lowest BCUT2D eigenvalue weighted by molar-refractivity contribution is -0.114. The molecule has 1 amide bonds. The molecule has 1 N–H and O–H groups in total. The maximum atomic E-state index is 12.5. The standard InChI is InChI=1S/C26H28N4O3S/c1-4-5-6-23-29-30-24(27)21(25(31)28-26(30)34-23)16-19-8-10-20(11-9-19)32-13-14-33-22-12-7-17(2)15-18(22)3/h7-12,15-16,27H,4-6,13-14H2,1-3H3. The molecular formula is C26H28N4O3S. The summed E-state index contributed by atoms with van der Waals surface area (Å²) in [6.45, 7) is 7.06. The van der Waals surface area contributed by atoms with Gasteiger partial charge in [0.05, 0.1) is 5.57 Å². The summed E-state index contributed by atoms with van der Waals surface area (Å²) in [5.41, 5.74) is 3.32. The van der Waals surface area contributed by atoms with Gasteiger partial charge in [0, 0.05) is 0 Å². The third-order valence-corrected chi connectivity index (χ3v) is 6.34. The van der Waals surface area contributed by atoms with Crippen molar-refractivity contribution in [2.75, 3.05) is 13.2 Å². The van der Waals surface area contributed by atoms with Crippen molar-refractivity contribution in [3.8, 4) is 11.5 Å². The van der Waals surface area contributed by atoms with Gasteiger partial charge in [0.25, 0.3) is 5.91 Å². The summed E-state index contributed by atoms with van der Waals surface area (Å²) in [5.74, 6) is 1.20. The number of hydrogen-bond acceptors (Lipinski definition) is 6. The minimum Gasteiger partial charge on any atom is -0.490 e. The van der Waals surface area contributed by atoms with E-state index in [0.29, 0.717) is 24.1 Å². The fraction of sp³-hybridized carbons (Fsp3) is 0.308. The van der Waals surface area contributed by atoms with Gasteiger partial charge in [-0.05, 0) is 73.9 Å². The van der Waals surface area contributed by atoms with Crippen LogP contribution in [0.4, 0.5) is 0 Å². The molecule has 0 saturated carbocycles. The Morgan fingerprint density at radius 3 is 2.59 bits per heavy atom. The second-order valence-corrected chi connectivity index (χ2v) is 9.19. The highest BCUT2D eigenvalue weighted by atomic mass is 32.2. The Labute approximate surface area is 204 Å². The summed E-state index contributed by atoms with van der Waals surface area (Å²) in [6.07, 6.45) is 4.58. The molecule has 0 unspecified atom stereocenters. The lowest BCUT2D eigenvalue weighted by Gasteiger charge is -2.20. The third kappa shape index (κ3) is 5.56. The van der Waals surface area contributed by atoms with Crippen molar-refractivity contribution in [3.63, 3.8) is 0 Å². The van der Waals surface area contributed by atoms with Crippen LogP contribution < -0.4 is 9.47 Å². The molecule has 0 radical (unpaired) electrons. The first-order valence-corrected chi connectivity index (χ1v) is 12.2. The van der Waals surface area contributed by atoms with Crippen LogP contribution >= 0.6 is 11.8 Å². The molecule has 4 rings (SSSR count). The van der Waals surface area contributed by atoms with E-state index < -0.39 is 5.91 Å². The van der Waals surface area contributed by atoms with Crippen LogP contribution in [-0.2, 0) is 4.79 Å². The number of benzene rings is 2. The molecule has 0 fully saturated rings. The minimum atomic E-state index is -0.417. The summed E-state index contributed by atoms with van der Waals surface area (Å²) < 4.78 is 11.6. The Balaban J connectivity index is 1.34. The summed E-state index contributed by atoms with van der Waals surface area (Å²) in [4.78, 5) is 16.7. The lowest BCUT2D eigenvalue weighted by atomic mass is 10.1. The number of carbonyl (C=O) groups excluding carboxylic acids is 1. The molecule has 0 saturated heterocycles. The van der Waals surface area contributed by atoms with Crippen LogP contribution in [-0.4, -0.2) is 40.2 Å². The van der Waals surface area contributed by atoms with E-state index in [1.807, 2.05) is 43.3 Å². The van der Waals surface area contributed by atoms with Crippen molar-refractivity contribution in [3.05, 3.63) is 64.7 Å². The van der Waals surface area contributed by atoms with E-state index in [0.717, 1.165) is 41.2 Å². The summed E-state index contributed by atoms with van der Waals surface area (Å²) in [5, 5.41) is 15.8. The maximum absolute atomic E-state index is 12.5. The molecule has 2 aromatic rings. The van der Waals surface area contributed by atoms with Crippen molar-refractivity contribution in [1.29, 1.82) is 5.41 Å². The van der Waals surface area contributed by atoms with Crippen molar-refractivity contribution >= 4 is 39.8 Å². The Hall–Kier alpha value is -3.39. The number of fused-ring (bicyclic) bond motifs is 1. The normalized spacial score (nSPS) is 16.4. The number of nitrogens with zero attached hydrogens (tertiary/aromatic N) is 3. The molecule has 0 atom stereocenters. The van der Waals surface area contributed by atoms with Crippen LogP contribution in [0.15, 0.2) is 58.1 Å². The average molecular weight is 477 g/mol. The zero-order valence-corrected chi connectivity index (χ0v) is 20.4. The first kappa shape index (κ1) is 23.8. The van der Waals surface area contributed by atoms with Crippen molar-refractivity contribution < 1.29 is 14.3 Å². The van der Waals surface area contributed by atoms with Gasteiger partial charge in [-0.1, -0.05) is 43.2 Å². The number of aliphatic imine (C=N–C) groups is 1. The molecule has 0 aliphatic carbocycles. The molecule has 8 heteroatoms. The summed E-state index contributed by atoms with van der Waals surface area (Å²) >= 11 is 1.37. The fourth-order valence-corrected chi connectivity index (χ4v) is 4.49. The van der Waals surface area contributed by atoms with Gasteiger partial charge < -0.3 is 9.47 Å². The zero-order valence-electron chi connectivity index (χ0n) is 19.6. The highest BCUT2D eigenvalue weighted by Gasteiger charge is 2.35. The number of amidine groups is 2. The highest BCUT2D eigenvalue weighted by molar-refractivity contribution is 8.26. The van der Waals surface area contributed by atoms with E-state index in [1.165, 1.54) is 22.3 Å². The van der Waals surface area contributed by atoms with Gasteiger partial charge in [-0.3, -0.25) is 10.2 Å². The molecule has 34 heavy (non-hydrogen) atoms. The number of hydrogen-bond donors (Lipinski definition) is 1. The first-order valence-electron chi connectivity index (χ1n) is 11.4. The maximum Gasteiger partial charge on any atom is 0.283 e. The fourth-order valence-electron chi connectivity index (χ4n) is 3.56. The molecule has 0 bridgehead atoms. The van der Waals surface area contributed by atoms with Gasteiger partial charge in [0.15, 0.2) is 5.84 Å². The smallest absolute Gasteiger partial charge is 0.283 e. The largest absolute Gasteiger partial charge is 0.490 e. The second kappa shape index (κ2) is 10.7. The molecule has 0 spiro atoms. The number of carbonyl (C=O) groups is 1. The predicted octanol–water partition coefficient (Wildman–Crippen LogP) is 5.57. The average Bonchev–Trinajstić information content (AvgIpc) is 3.23. The van der Waals surface area contributed by atoms with E-state index in [2.05, 4.69) is 30.0 Å². The molecule has 2 aliphatic heterocycles. The van der Waals surface area contributed by atoms with Crippen LogP contribution in [0.5, 0.6) is 11.5 Å². The number of hydrazone groups is 1. The third-order valence-electron chi connectivity index (χ3n) is 5.37. The minimum absolute atomic E-state index is 0.0536. The SMILES string of the molecule is CCCCC1=NN2C(=N)C(=Cc3ccc(OCCOc4ccc(C)cc4C)cc3)C(=O)N=C2S1. The van der Waals surface area contributed by atoms with E-state index in [-0.39, 0.29) is 11.4 Å². The van der Waals surface area contributed by atoms with E-state index in [9.17, 15) is 4.79 Å². The molecular weight excluding hydrogens is 448 g/mol. The lowest BCUT2D eigenvalue weighted by Crippen LogP contribution is -2.35. The predicted molar refractivity (Wildman–Crippen MR) is 138 cm³/mol. The zero-order chi connectivity index (χ0) is 24.1. The quantitative estimate of drug-likeness (QED) is 0.378. The highest BCUT2D eigenvalue weighted by Crippen LogP contribution is 2.30. The molecule has 2 aromatic carbocycles. The van der Waals surface area contributed by atoms with Crippen LogP contribution in [0, 0.1) is 19.3 Å². The van der Waals surface area contributed by atoms with E-state index in [1.54, 1.807) is 6.08 Å². The van der Waals surface area contributed by atoms with E-state index in [4.69, 9.17) is 14.9 Å². The van der Waals surface area contributed by atoms with Crippen LogP contribution in [0.25, 0.3) is 6.08 Å². The van der Waals surface area contributed by atoms with E-state index >= 15 is 0 Å².